The third-order valence-corrected chi connectivity index (χ3v) is 6.09. The van der Waals surface area contributed by atoms with Crippen LogP contribution in [0.3, 0.4) is 0 Å². The highest BCUT2D eigenvalue weighted by Crippen LogP contribution is 2.36. The fraction of sp³-hybridized carbons (Fsp3) is 0.320. The molecule has 184 valence electrons. The van der Waals surface area contributed by atoms with E-state index in [1.165, 1.54) is 49.2 Å². The normalized spacial score (nSPS) is 14.3. The molecular weight excluding hydrogens is 461 g/mol. The number of amides is 1. The van der Waals surface area contributed by atoms with Crippen molar-refractivity contribution in [2.45, 2.75) is 25.4 Å². The summed E-state index contributed by atoms with van der Waals surface area (Å²) in [6, 6.07) is 12.1. The molecule has 1 aromatic heterocycles. The van der Waals surface area contributed by atoms with E-state index < -0.39 is 22.6 Å². The molecular formula is C25H25F3N4O3. The molecule has 0 aliphatic carbocycles. The smallest absolute Gasteiger partial charge is 0.354 e. The number of nitrogens with one attached hydrogen (secondary N) is 2. The van der Waals surface area contributed by atoms with Gasteiger partial charge in [-0.2, -0.15) is 13.2 Å². The van der Waals surface area contributed by atoms with Crippen molar-refractivity contribution in [3.05, 3.63) is 75.8 Å². The molecule has 35 heavy (non-hydrogen) atoms. The molecule has 2 N–H and O–H groups in total. The van der Waals surface area contributed by atoms with Crippen LogP contribution in [-0.2, 0) is 6.18 Å². The maximum Gasteiger partial charge on any atom is 0.416 e. The predicted octanol–water partition coefficient (Wildman–Crippen LogP) is 5.49. The second-order valence-electron chi connectivity index (χ2n) is 8.48. The highest BCUT2D eigenvalue weighted by molar-refractivity contribution is 6.02. The van der Waals surface area contributed by atoms with Crippen molar-refractivity contribution in [1.82, 2.24) is 15.2 Å². The molecule has 0 unspecified atom stereocenters. The molecule has 2 aromatic carbocycles. The Morgan fingerprint density at radius 3 is 2.43 bits per heavy atom. The number of rotatable bonds is 8. The number of halogens is 3. The van der Waals surface area contributed by atoms with Gasteiger partial charge in [0.15, 0.2) is 0 Å². The molecule has 7 nitrogen and oxygen atoms in total. The Balaban J connectivity index is 1.63. The van der Waals surface area contributed by atoms with Gasteiger partial charge in [0, 0.05) is 18.3 Å². The lowest BCUT2D eigenvalue weighted by molar-refractivity contribution is -0.384. The van der Waals surface area contributed by atoms with Crippen LogP contribution in [0, 0.1) is 10.1 Å². The van der Waals surface area contributed by atoms with Gasteiger partial charge in [0.05, 0.1) is 27.3 Å². The average Bonchev–Trinajstić information content (AvgIpc) is 3.51. The quantitative estimate of drug-likeness (QED) is 0.250. The monoisotopic (exact) mass is 486 g/mol. The van der Waals surface area contributed by atoms with Gasteiger partial charge >= 0.3 is 6.18 Å². The summed E-state index contributed by atoms with van der Waals surface area (Å²) in [5.74, 6) is -0.408. The van der Waals surface area contributed by atoms with E-state index in [2.05, 4.69) is 15.2 Å². The van der Waals surface area contributed by atoms with Crippen molar-refractivity contribution < 1.29 is 22.9 Å². The topological polar surface area (TPSA) is 91.3 Å². The lowest BCUT2D eigenvalue weighted by Gasteiger charge is -2.14. The summed E-state index contributed by atoms with van der Waals surface area (Å²) in [5, 5.41) is 14.5. The number of alkyl halides is 3. The molecule has 0 spiro atoms. The van der Waals surface area contributed by atoms with Crippen molar-refractivity contribution in [2.24, 2.45) is 0 Å². The van der Waals surface area contributed by atoms with Gasteiger partial charge in [-0.1, -0.05) is 24.3 Å². The first-order chi connectivity index (χ1) is 16.7. The zero-order valence-electron chi connectivity index (χ0n) is 18.9. The Kier molecular flexibility index (Phi) is 7.20. The minimum atomic E-state index is -4.47. The van der Waals surface area contributed by atoms with Crippen LogP contribution in [0.25, 0.3) is 22.5 Å². The van der Waals surface area contributed by atoms with Gasteiger partial charge in [-0.15, -0.1) is 0 Å². The van der Waals surface area contributed by atoms with E-state index in [1.54, 1.807) is 6.07 Å². The van der Waals surface area contributed by atoms with Gasteiger partial charge < -0.3 is 15.2 Å². The number of aromatic amines is 1. The van der Waals surface area contributed by atoms with Crippen LogP contribution < -0.4 is 5.32 Å². The number of carbonyl (C=O) groups is 1. The Hall–Kier alpha value is -3.66. The number of H-pyrrole nitrogens is 1. The number of nitrogens with zero attached hydrogens (tertiary/aromatic N) is 2. The highest BCUT2D eigenvalue weighted by atomic mass is 19.4. The van der Waals surface area contributed by atoms with Crippen LogP contribution in [0.1, 0.15) is 35.2 Å². The maximum absolute atomic E-state index is 13.1. The molecule has 1 amide bonds. The van der Waals surface area contributed by atoms with E-state index in [1.807, 2.05) is 0 Å². The first-order valence-corrected chi connectivity index (χ1v) is 11.4. The lowest BCUT2D eigenvalue weighted by Crippen LogP contribution is -2.28. The minimum absolute atomic E-state index is 0.184. The minimum Gasteiger partial charge on any atom is -0.354 e. The second-order valence-corrected chi connectivity index (χ2v) is 8.48. The summed E-state index contributed by atoms with van der Waals surface area (Å²) in [6.45, 7) is 3.43. The molecule has 3 aromatic rings. The third-order valence-electron chi connectivity index (χ3n) is 6.09. The Morgan fingerprint density at radius 1 is 1.09 bits per heavy atom. The van der Waals surface area contributed by atoms with Gasteiger partial charge in [-0.3, -0.25) is 14.9 Å². The molecule has 0 bridgehead atoms. The van der Waals surface area contributed by atoms with Crippen molar-refractivity contribution in [1.29, 1.82) is 0 Å². The number of nitro groups is 1. The molecule has 10 heteroatoms. The van der Waals surface area contributed by atoms with Crippen LogP contribution in [0.4, 0.5) is 18.9 Å². The molecule has 0 atom stereocenters. The number of hydrogen-bond acceptors (Lipinski definition) is 4. The van der Waals surface area contributed by atoms with Gasteiger partial charge in [0.25, 0.3) is 11.6 Å². The first-order valence-electron chi connectivity index (χ1n) is 11.4. The first kappa shape index (κ1) is 24.5. The largest absolute Gasteiger partial charge is 0.416 e. The summed E-state index contributed by atoms with van der Waals surface area (Å²) in [6.07, 6.45) is -1.34. The van der Waals surface area contributed by atoms with E-state index >= 15 is 0 Å². The number of para-hydroxylation sites is 1. The van der Waals surface area contributed by atoms with Gasteiger partial charge in [0.1, 0.15) is 0 Å². The number of likely N-dealkylation sites (tertiary alicyclic amines) is 1. The number of hydrogen-bond donors (Lipinski definition) is 2. The molecule has 1 saturated heterocycles. The summed E-state index contributed by atoms with van der Waals surface area (Å²) in [4.78, 5) is 29.5. The Morgan fingerprint density at radius 2 is 1.77 bits per heavy atom. The van der Waals surface area contributed by atoms with Gasteiger partial charge in [0.2, 0.25) is 0 Å². The van der Waals surface area contributed by atoms with Crippen LogP contribution in [-0.4, -0.2) is 46.9 Å². The summed E-state index contributed by atoms with van der Waals surface area (Å²) in [7, 11) is 0. The van der Waals surface area contributed by atoms with E-state index in [9.17, 15) is 28.1 Å². The van der Waals surface area contributed by atoms with Crippen molar-refractivity contribution >= 4 is 11.6 Å². The zero-order chi connectivity index (χ0) is 25.0. The molecule has 1 aliphatic rings. The van der Waals surface area contributed by atoms with Crippen LogP contribution in [0.2, 0.25) is 0 Å². The van der Waals surface area contributed by atoms with Crippen LogP contribution >= 0.6 is 0 Å². The van der Waals surface area contributed by atoms with E-state index in [-0.39, 0.29) is 22.5 Å². The molecule has 0 radical (unpaired) electrons. The number of aromatic nitrogens is 1. The summed E-state index contributed by atoms with van der Waals surface area (Å²) < 4.78 is 38.9. The van der Waals surface area contributed by atoms with Crippen LogP contribution in [0.5, 0.6) is 0 Å². The van der Waals surface area contributed by atoms with Crippen molar-refractivity contribution in [2.75, 3.05) is 26.2 Å². The SMILES string of the molecule is O=C(NCCCN1CCCC1)c1cc(-c2ccc(C(F)(F)F)cc2)[nH]c1-c1ccccc1[N+](=O)[O-]. The average molecular weight is 486 g/mol. The molecule has 4 rings (SSSR count). The van der Waals surface area contributed by atoms with E-state index in [4.69, 9.17) is 0 Å². The van der Waals surface area contributed by atoms with Gasteiger partial charge in [-0.05, 0) is 68.7 Å². The van der Waals surface area contributed by atoms with Crippen molar-refractivity contribution in [3.63, 3.8) is 0 Å². The second kappa shape index (κ2) is 10.3. The van der Waals surface area contributed by atoms with Crippen molar-refractivity contribution in [3.8, 4) is 22.5 Å². The summed E-state index contributed by atoms with van der Waals surface area (Å²) >= 11 is 0. The Bertz CT molecular complexity index is 1200. The number of carbonyl (C=O) groups excluding carboxylic acids is 1. The third kappa shape index (κ3) is 5.71. The zero-order valence-corrected chi connectivity index (χ0v) is 18.9. The van der Waals surface area contributed by atoms with Crippen LogP contribution in [0.15, 0.2) is 54.6 Å². The molecule has 2 heterocycles. The predicted molar refractivity (Wildman–Crippen MR) is 126 cm³/mol. The highest BCUT2D eigenvalue weighted by Gasteiger charge is 2.30. The molecule has 0 saturated carbocycles. The maximum atomic E-state index is 13.1. The van der Waals surface area contributed by atoms with E-state index in [0.29, 0.717) is 17.8 Å². The lowest BCUT2D eigenvalue weighted by atomic mass is 10.0. The Labute approximate surface area is 200 Å². The van der Waals surface area contributed by atoms with E-state index in [0.717, 1.165) is 38.2 Å². The molecule has 1 aliphatic heterocycles. The standard InChI is InChI=1S/C25H25F3N4O3/c26-25(27,28)18-10-8-17(9-11-18)21-16-20(24(33)29-12-5-15-31-13-3-4-14-31)23(30-21)19-6-1-2-7-22(19)32(34)35/h1-2,6-11,16,30H,3-5,12-15H2,(H,29,33). The summed E-state index contributed by atoms with van der Waals surface area (Å²) in [5.41, 5.74) is 0.483. The fourth-order valence-corrected chi connectivity index (χ4v) is 4.29. The number of nitro benzene ring substituents is 1. The fourth-order valence-electron chi connectivity index (χ4n) is 4.29. The number of benzene rings is 2. The molecule has 1 fully saturated rings. The van der Waals surface area contributed by atoms with Gasteiger partial charge in [-0.25, -0.2) is 0 Å².